The van der Waals surface area contributed by atoms with Crippen LogP contribution in [0.25, 0.3) is 0 Å². The van der Waals surface area contributed by atoms with Gasteiger partial charge in [-0.3, -0.25) is 4.79 Å². The lowest BCUT2D eigenvalue weighted by Crippen LogP contribution is -2.29. The molecule has 0 aliphatic carbocycles. The number of benzene rings is 2. The molecule has 1 fully saturated rings. The summed E-state index contributed by atoms with van der Waals surface area (Å²) in [6.45, 7) is 1.19. The summed E-state index contributed by atoms with van der Waals surface area (Å²) < 4.78 is 18.9. The summed E-state index contributed by atoms with van der Waals surface area (Å²) in [5.41, 5.74) is 1.53. The molecule has 26 heavy (non-hydrogen) atoms. The summed E-state index contributed by atoms with van der Waals surface area (Å²) in [5, 5.41) is 8.95. The number of para-hydroxylation sites is 1. The van der Waals surface area contributed by atoms with Crippen LogP contribution in [0.3, 0.4) is 0 Å². The van der Waals surface area contributed by atoms with Crippen LogP contribution in [-0.4, -0.2) is 42.1 Å². The Morgan fingerprint density at radius 1 is 1.23 bits per heavy atom. The molecule has 1 heterocycles. The molecule has 136 valence electrons. The highest BCUT2D eigenvalue weighted by Gasteiger charge is 2.29. The maximum Gasteiger partial charge on any atom is 0.335 e. The molecule has 1 amide bonds. The maximum atomic E-state index is 13.8. The third-order valence-electron chi connectivity index (χ3n) is 4.70. The summed E-state index contributed by atoms with van der Waals surface area (Å²) in [6, 6.07) is 11.1. The molecule has 3 rings (SSSR count). The van der Waals surface area contributed by atoms with Gasteiger partial charge in [-0.1, -0.05) is 18.2 Å². The molecule has 1 atom stereocenters. The van der Waals surface area contributed by atoms with Gasteiger partial charge in [-0.2, -0.15) is 0 Å². The lowest BCUT2D eigenvalue weighted by molar-refractivity contribution is 0.0696. The van der Waals surface area contributed by atoms with E-state index in [-0.39, 0.29) is 28.7 Å². The Morgan fingerprint density at radius 2 is 1.96 bits per heavy atom. The molecule has 0 saturated carbocycles. The van der Waals surface area contributed by atoms with Gasteiger partial charge in [0.15, 0.2) is 11.6 Å². The van der Waals surface area contributed by atoms with Gasteiger partial charge in [-0.05, 0) is 48.6 Å². The smallest absolute Gasteiger partial charge is 0.335 e. The fraction of sp³-hybridized carbons (Fsp3) is 0.300. The van der Waals surface area contributed by atoms with Gasteiger partial charge in [0.25, 0.3) is 5.91 Å². The van der Waals surface area contributed by atoms with Gasteiger partial charge < -0.3 is 14.7 Å². The Labute approximate surface area is 151 Å². The molecule has 0 unspecified atom stereocenters. The Balaban J connectivity index is 1.66. The molecule has 6 heteroatoms. The van der Waals surface area contributed by atoms with E-state index in [0.717, 1.165) is 18.4 Å². The number of aromatic carboxylic acids is 1. The normalized spacial score (nSPS) is 16.5. The molecule has 1 N–H and O–H groups in total. The molecule has 0 aromatic heterocycles. The highest BCUT2D eigenvalue weighted by molar-refractivity contribution is 5.97. The number of ether oxygens (including phenoxy) is 1. The number of amides is 1. The van der Waals surface area contributed by atoms with Crippen molar-refractivity contribution >= 4 is 11.9 Å². The van der Waals surface area contributed by atoms with E-state index < -0.39 is 11.8 Å². The Morgan fingerprint density at radius 3 is 2.62 bits per heavy atom. The second kappa shape index (κ2) is 7.56. The minimum atomic E-state index is -0.946. The van der Waals surface area contributed by atoms with Crippen LogP contribution in [0.2, 0.25) is 0 Å². The van der Waals surface area contributed by atoms with E-state index >= 15 is 0 Å². The number of carboxylic acid groups (broad SMARTS) is 1. The second-order valence-corrected chi connectivity index (χ2v) is 6.43. The van der Waals surface area contributed by atoms with Gasteiger partial charge in [0.2, 0.25) is 0 Å². The zero-order chi connectivity index (χ0) is 18.7. The third-order valence-corrected chi connectivity index (χ3v) is 4.70. The zero-order valence-corrected chi connectivity index (χ0v) is 14.4. The molecule has 0 spiro atoms. The average molecular weight is 357 g/mol. The topological polar surface area (TPSA) is 66.8 Å². The predicted octanol–water partition coefficient (Wildman–Crippen LogP) is 3.24. The van der Waals surface area contributed by atoms with Crippen molar-refractivity contribution in [1.29, 1.82) is 0 Å². The Hall–Kier alpha value is -2.89. The van der Waals surface area contributed by atoms with E-state index in [0.29, 0.717) is 13.1 Å². The minimum Gasteiger partial charge on any atom is -0.493 e. The number of carboxylic acids is 1. The lowest BCUT2D eigenvalue weighted by atomic mass is 9.98. The van der Waals surface area contributed by atoms with Crippen LogP contribution < -0.4 is 4.74 Å². The fourth-order valence-corrected chi connectivity index (χ4v) is 3.36. The number of likely N-dealkylation sites (tertiary alicyclic amines) is 1. The quantitative estimate of drug-likeness (QED) is 0.892. The first-order valence-electron chi connectivity index (χ1n) is 8.43. The van der Waals surface area contributed by atoms with Crippen LogP contribution in [0.5, 0.6) is 5.75 Å². The van der Waals surface area contributed by atoms with E-state index in [2.05, 4.69) is 0 Å². The fourth-order valence-electron chi connectivity index (χ4n) is 3.36. The number of halogens is 1. The highest BCUT2D eigenvalue weighted by atomic mass is 19.1. The number of rotatable bonds is 5. The van der Waals surface area contributed by atoms with Crippen LogP contribution in [0, 0.1) is 11.7 Å². The summed E-state index contributed by atoms with van der Waals surface area (Å²) in [5.74, 6) is -1.46. The first-order chi connectivity index (χ1) is 12.5. The van der Waals surface area contributed by atoms with E-state index in [1.807, 2.05) is 12.1 Å². The van der Waals surface area contributed by atoms with Gasteiger partial charge in [0.1, 0.15) is 0 Å². The summed E-state index contributed by atoms with van der Waals surface area (Å²) in [4.78, 5) is 25.3. The molecule has 0 bridgehead atoms. The summed E-state index contributed by atoms with van der Waals surface area (Å²) in [6.07, 6.45) is 1.62. The zero-order valence-electron chi connectivity index (χ0n) is 14.4. The average Bonchev–Trinajstić information content (AvgIpc) is 3.09. The van der Waals surface area contributed by atoms with Crippen LogP contribution in [0.15, 0.2) is 42.5 Å². The predicted molar refractivity (Wildman–Crippen MR) is 94.1 cm³/mol. The molecule has 1 aliphatic heterocycles. The van der Waals surface area contributed by atoms with Crippen molar-refractivity contribution in [3.05, 3.63) is 65.0 Å². The number of hydrogen-bond donors (Lipinski definition) is 1. The lowest BCUT2D eigenvalue weighted by Gasteiger charge is -2.18. The van der Waals surface area contributed by atoms with Crippen molar-refractivity contribution in [2.24, 2.45) is 5.92 Å². The largest absolute Gasteiger partial charge is 0.493 e. The van der Waals surface area contributed by atoms with E-state index in [9.17, 15) is 14.0 Å². The van der Waals surface area contributed by atoms with Gasteiger partial charge in [0, 0.05) is 13.1 Å². The van der Waals surface area contributed by atoms with E-state index in [1.165, 1.54) is 19.2 Å². The second-order valence-electron chi connectivity index (χ2n) is 6.43. The molecule has 2 aromatic rings. The van der Waals surface area contributed by atoms with Gasteiger partial charge in [0.05, 0.1) is 18.2 Å². The van der Waals surface area contributed by atoms with Crippen molar-refractivity contribution < 1.29 is 23.8 Å². The Kier molecular flexibility index (Phi) is 5.21. The molecule has 2 aromatic carbocycles. The van der Waals surface area contributed by atoms with Crippen molar-refractivity contribution in [1.82, 2.24) is 4.90 Å². The van der Waals surface area contributed by atoms with Crippen LogP contribution in [0.4, 0.5) is 4.39 Å². The highest BCUT2D eigenvalue weighted by Crippen LogP contribution is 2.27. The number of carbonyl (C=O) groups is 2. The monoisotopic (exact) mass is 357 g/mol. The van der Waals surface area contributed by atoms with E-state index in [4.69, 9.17) is 9.84 Å². The van der Waals surface area contributed by atoms with Crippen molar-refractivity contribution in [2.45, 2.75) is 12.8 Å². The van der Waals surface area contributed by atoms with E-state index in [1.54, 1.807) is 23.1 Å². The number of methoxy groups -OCH3 is 1. The maximum absolute atomic E-state index is 13.8. The van der Waals surface area contributed by atoms with Gasteiger partial charge >= 0.3 is 5.97 Å². The SMILES string of the molecule is COc1c(F)cccc1C(=O)N1CC[C@H](Cc2ccc(C(=O)O)cc2)C1. The first-order valence-corrected chi connectivity index (χ1v) is 8.43. The van der Waals surface area contributed by atoms with Crippen molar-refractivity contribution in [3.63, 3.8) is 0 Å². The molecule has 1 saturated heterocycles. The number of nitrogens with zero attached hydrogens (tertiary/aromatic N) is 1. The van der Waals surface area contributed by atoms with Crippen LogP contribution in [-0.2, 0) is 6.42 Å². The molecular weight excluding hydrogens is 337 g/mol. The molecule has 5 nitrogen and oxygen atoms in total. The van der Waals surface area contributed by atoms with Gasteiger partial charge in [-0.25, -0.2) is 9.18 Å². The third kappa shape index (κ3) is 3.69. The van der Waals surface area contributed by atoms with Crippen LogP contribution >= 0.6 is 0 Å². The summed E-state index contributed by atoms with van der Waals surface area (Å²) in [7, 11) is 1.35. The van der Waals surface area contributed by atoms with Crippen molar-refractivity contribution in [2.75, 3.05) is 20.2 Å². The first kappa shape index (κ1) is 17.9. The van der Waals surface area contributed by atoms with Crippen molar-refractivity contribution in [3.8, 4) is 5.75 Å². The Bertz CT molecular complexity index is 819. The minimum absolute atomic E-state index is 0.0230. The standard InChI is InChI=1S/C20H20FNO4/c1-26-18-16(3-2-4-17(18)21)19(23)22-10-9-14(12-22)11-13-5-7-15(8-6-13)20(24)25/h2-8,14H,9-12H2,1H3,(H,24,25)/t14-/m1/s1. The van der Waals surface area contributed by atoms with Gasteiger partial charge in [-0.15, -0.1) is 0 Å². The molecular formula is C20H20FNO4. The summed E-state index contributed by atoms with van der Waals surface area (Å²) >= 11 is 0. The molecule has 1 aliphatic rings. The molecule has 0 radical (unpaired) electrons. The number of hydrogen-bond acceptors (Lipinski definition) is 3. The van der Waals surface area contributed by atoms with Crippen LogP contribution in [0.1, 0.15) is 32.7 Å². The number of carbonyl (C=O) groups excluding carboxylic acids is 1.